The molecule has 2 saturated carbocycles. The smallest absolute Gasteiger partial charge is 0.137 e. The van der Waals surface area contributed by atoms with E-state index in [4.69, 9.17) is 4.74 Å². The molecule has 0 aromatic carbocycles. The van der Waals surface area contributed by atoms with Crippen LogP contribution in [-0.4, -0.2) is 30.7 Å². The number of ketones is 1. The van der Waals surface area contributed by atoms with Crippen molar-refractivity contribution in [3.8, 4) is 0 Å². The largest absolute Gasteiger partial charge is 0.393 e. The van der Waals surface area contributed by atoms with E-state index in [1.807, 2.05) is 6.92 Å². The molecule has 0 bridgehead atoms. The predicted octanol–water partition coefficient (Wildman–Crippen LogP) is 4.29. The highest BCUT2D eigenvalue weighted by Crippen LogP contribution is 2.68. The minimum atomic E-state index is -0.315. The Morgan fingerprint density at radius 1 is 1.20 bits per heavy atom. The number of Topliss-reactive ketones (excluding diaryl/α,β-unsaturated/α-hetero) is 1. The number of methoxy groups -OCH3 is 1. The molecule has 0 spiro atoms. The second-order valence-electron chi connectivity index (χ2n) is 9.52. The third-order valence-electron chi connectivity index (χ3n) is 8.83. The highest BCUT2D eigenvalue weighted by molar-refractivity contribution is 5.82. The summed E-state index contributed by atoms with van der Waals surface area (Å²) in [4.78, 5) is 11.9. The first-order valence-corrected chi connectivity index (χ1v) is 10.3. The van der Waals surface area contributed by atoms with Gasteiger partial charge < -0.3 is 9.84 Å². The Balaban J connectivity index is 1.65. The van der Waals surface area contributed by atoms with Crippen molar-refractivity contribution in [2.45, 2.75) is 77.7 Å². The minimum Gasteiger partial charge on any atom is -0.393 e. The van der Waals surface area contributed by atoms with Crippen LogP contribution >= 0.6 is 0 Å². The summed E-state index contributed by atoms with van der Waals surface area (Å²) in [5, 5.41) is 10.7. The number of carbonyl (C=O) groups excluding carboxylic acids is 1. The second-order valence-corrected chi connectivity index (χ2v) is 9.52. The molecule has 0 aromatic rings. The van der Waals surface area contributed by atoms with Gasteiger partial charge in [-0.15, -0.1) is 0 Å². The third kappa shape index (κ3) is 2.41. The van der Waals surface area contributed by atoms with E-state index in [2.05, 4.69) is 6.92 Å². The standard InChI is InChI=1S/C22H34O3/c1-14(23)22(13-25-3)11-9-20-19-6-4-15-12-16(24)5-7-17(15)18(19)8-10-21(20,22)2/h14,18-20,23H,4-13H2,1-3H3/t14-,18+,19+,20-,21-,22-/m0/s1. The van der Waals surface area contributed by atoms with Gasteiger partial charge in [0, 0.05) is 25.4 Å². The second kappa shape index (κ2) is 6.20. The molecular weight excluding hydrogens is 312 g/mol. The number of aliphatic hydroxyl groups is 1. The van der Waals surface area contributed by atoms with Crippen molar-refractivity contribution in [2.75, 3.05) is 13.7 Å². The lowest BCUT2D eigenvalue weighted by molar-refractivity contribution is -0.127. The van der Waals surface area contributed by atoms with E-state index in [9.17, 15) is 9.90 Å². The van der Waals surface area contributed by atoms with Gasteiger partial charge in [0.2, 0.25) is 0 Å². The van der Waals surface area contributed by atoms with E-state index in [1.54, 1.807) is 12.7 Å². The number of allylic oxidation sites excluding steroid dienone is 2. The van der Waals surface area contributed by atoms with Gasteiger partial charge in [0.15, 0.2) is 0 Å². The number of aliphatic hydroxyl groups excluding tert-OH is 1. The molecule has 4 aliphatic rings. The molecule has 0 aromatic heterocycles. The Labute approximate surface area is 152 Å². The van der Waals surface area contributed by atoms with Crippen LogP contribution in [0.15, 0.2) is 11.1 Å². The number of hydrogen-bond acceptors (Lipinski definition) is 3. The van der Waals surface area contributed by atoms with Crippen LogP contribution in [0.3, 0.4) is 0 Å². The van der Waals surface area contributed by atoms with Crippen LogP contribution in [0.1, 0.15) is 71.6 Å². The molecule has 0 unspecified atom stereocenters. The van der Waals surface area contributed by atoms with Gasteiger partial charge in [0.05, 0.1) is 12.7 Å². The first kappa shape index (κ1) is 17.7. The number of fused-ring (bicyclic) bond motifs is 4. The number of rotatable bonds is 3. The van der Waals surface area contributed by atoms with E-state index in [1.165, 1.54) is 31.3 Å². The maximum Gasteiger partial charge on any atom is 0.137 e. The van der Waals surface area contributed by atoms with Gasteiger partial charge in [0.1, 0.15) is 5.78 Å². The average Bonchev–Trinajstić information content (AvgIpc) is 2.88. The molecule has 1 N–H and O–H groups in total. The van der Waals surface area contributed by atoms with E-state index < -0.39 is 0 Å². The summed E-state index contributed by atoms with van der Waals surface area (Å²) >= 11 is 0. The molecule has 25 heavy (non-hydrogen) atoms. The van der Waals surface area contributed by atoms with Crippen LogP contribution in [-0.2, 0) is 9.53 Å². The summed E-state index contributed by atoms with van der Waals surface area (Å²) in [6.07, 6.45) is 9.36. The van der Waals surface area contributed by atoms with Gasteiger partial charge in [-0.2, -0.15) is 0 Å². The molecule has 0 heterocycles. The van der Waals surface area contributed by atoms with Gasteiger partial charge in [-0.05, 0) is 75.0 Å². The van der Waals surface area contributed by atoms with Crippen LogP contribution in [0.4, 0.5) is 0 Å². The van der Waals surface area contributed by atoms with E-state index in [0.29, 0.717) is 24.2 Å². The fraction of sp³-hybridized carbons (Fsp3) is 0.864. The zero-order valence-electron chi connectivity index (χ0n) is 16.1. The number of carbonyl (C=O) groups is 1. The Kier molecular flexibility index (Phi) is 4.39. The van der Waals surface area contributed by atoms with Crippen molar-refractivity contribution in [3.63, 3.8) is 0 Å². The van der Waals surface area contributed by atoms with Crippen molar-refractivity contribution in [3.05, 3.63) is 11.1 Å². The van der Waals surface area contributed by atoms with Gasteiger partial charge in [-0.25, -0.2) is 0 Å². The predicted molar refractivity (Wildman–Crippen MR) is 98.2 cm³/mol. The maximum absolute atomic E-state index is 11.9. The van der Waals surface area contributed by atoms with Crippen LogP contribution in [0.25, 0.3) is 0 Å². The molecule has 4 rings (SSSR count). The molecule has 4 aliphatic carbocycles. The van der Waals surface area contributed by atoms with Gasteiger partial charge in [-0.3, -0.25) is 4.79 Å². The Hall–Kier alpha value is -0.670. The van der Waals surface area contributed by atoms with Crippen molar-refractivity contribution in [1.29, 1.82) is 0 Å². The monoisotopic (exact) mass is 346 g/mol. The van der Waals surface area contributed by atoms with Gasteiger partial charge in [0.25, 0.3) is 0 Å². The fourth-order valence-electron chi connectivity index (χ4n) is 7.52. The molecule has 0 saturated heterocycles. The highest BCUT2D eigenvalue weighted by Gasteiger charge is 2.63. The van der Waals surface area contributed by atoms with E-state index in [-0.39, 0.29) is 16.9 Å². The topological polar surface area (TPSA) is 46.5 Å². The summed E-state index contributed by atoms with van der Waals surface area (Å²) in [5.41, 5.74) is 3.26. The Morgan fingerprint density at radius 3 is 2.72 bits per heavy atom. The molecule has 0 radical (unpaired) electrons. The number of hydrogen-bond donors (Lipinski definition) is 1. The van der Waals surface area contributed by atoms with Crippen molar-refractivity contribution >= 4 is 5.78 Å². The lowest BCUT2D eigenvalue weighted by atomic mass is 9.49. The Bertz CT molecular complexity index is 592. The van der Waals surface area contributed by atoms with Crippen LogP contribution in [0, 0.1) is 28.6 Å². The lowest BCUT2D eigenvalue weighted by Gasteiger charge is -2.56. The third-order valence-corrected chi connectivity index (χ3v) is 8.83. The van der Waals surface area contributed by atoms with Crippen molar-refractivity contribution < 1.29 is 14.6 Å². The SMILES string of the molecule is COC[C@]1([C@H](C)O)CC[C@H]2[C@@H]3CCC4=C(CCC(=O)C4)[C@H]3CC[C@@]21C. The summed E-state index contributed by atoms with van der Waals surface area (Å²) < 4.78 is 5.63. The Morgan fingerprint density at radius 2 is 2.00 bits per heavy atom. The summed E-state index contributed by atoms with van der Waals surface area (Å²) in [7, 11) is 1.78. The number of ether oxygens (including phenoxy) is 1. The normalized spacial score (nSPS) is 45.0. The molecule has 0 amide bonds. The van der Waals surface area contributed by atoms with Crippen LogP contribution in [0.5, 0.6) is 0 Å². The van der Waals surface area contributed by atoms with Crippen molar-refractivity contribution in [2.24, 2.45) is 28.6 Å². The zero-order chi connectivity index (χ0) is 17.8. The molecule has 3 nitrogen and oxygen atoms in total. The zero-order valence-corrected chi connectivity index (χ0v) is 16.1. The molecule has 2 fully saturated rings. The lowest BCUT2D eigenvalue weighted by Crippen LogP contribution is -2.53. The van der Waals surface area contributed by atoms with Gasteiger partial charge in [-0.1, -0.05) is 18.1 Å². The quantitative estimate of drug-likeness (QED) is 0.776. The average molecular weight is 347 g/mol. The highest BCUT2D eigenvalue weighted by atomic mass is 16.5. The summed E-state index contributed by atoms with van der Waals surface area (Å²) in [6.45, 7) is 5.10. The first-order valence-electron chi connectivity index (χ1n) is 10.3. The van der Waals surface area contributed by atoms with Crippen molar-refractivity contribution in [1.82, 2.24) is 0 Å². The van der Waals surface area contributed by atoms with E-state index >= 15 is 0 Å². The summed E-state index contributed by atoms with van der Waals surface area (Å²) in [6, 6.07) is 0. The molecular formula is C22H34O3. The molecule has 6 atom stereocenters. The first-order chi connectivity index (χ1) is 11.9. The summed E-state index contributed by atoms with van der Waals surface area (Å²) in [5.74, 6) is 2.61. The maximum atomic E-state index is 11.9. The molecule has 140 valence electrons. The minimum absolute atomic E-state index is 0.0887. The van der Waals surface area contributed by atoms with Crippen LogP contribution in [0.2, 0.25) is 0 Å². The van der Waals surface area contributed by atoms with E-state index in [0.717, 1.165) is 38.0 Å². The molecule has 0 aliphatic heterocycles. The fourth-order valence-corrected chi connectivity index (χ4v) is 7.52. The molecule has 3 heteroatoms. The van der Waals surface area contributed by atoms with Gasteiger partial charge >= 0.3 is 0 Å². The van der Waals surface area contributed by atoms with Crippen LogP contribution < -0.4 is 0 Å².